The van der Waals surface area contributed by atoms with Gasteiger partial charge in [0.05, 0.1) is 6.21 Å². The Morgan fingerprint density at radius 2 is 1.86 bits per heavy atom. The number of hydrogen-bond acceptors (Lipinski definition) is 2. The van der Waals surface area contributed by atoms with E-state index in [0.717, 1.165) is 16.5 Å². The highest BCUT2D eigenvalue weighted by molar-refractivity contribution is 9.10. The van der Waals surface area contributed by atoms with Gasteiger partial charge in [0.2, 0.25) is 5.91 Å². The second-order valence-electron chi connectivity index (χ2n) is 5.15. The van der Waals surface area contributed by atoms with Crippen molar-refractivity contribution in [1.29, 1.82) is 0 Å². The standard InChI is InChI=1S/C17H15BrN2O/c18-14-8-6-12(7-9-14)11-19-20-17(21)16-10-15(16)13-4-2-1-3-5-13/h1-9,11,15-16H,10H2,(H,20,21)/b19-11-/t15-,16-/m0/s1. The monoisotopic (exact) mass is 342 g/mol. The van der Waals surface area contributed by atoms with Crippen molar-refractivity contribution in [2.45, 2.75) is 12.3 Å². The van der Waals surface area contributed by atoms with Crippen LogP contribution in [0.1, 0.15) is 23.5 Å². The summed E-state index contributed by atoms with van der Waals surface area (Å²) < 4.78 is 1.02. The smallest absolute Gasteiger partial charge is 0.243 e. The largest absolute Gasteiger partial charge is 0.273 e. The molecule has 1 aliphatic rings. The van der Waals surface area contributed by atoms with Gasteiger partial charge in [-0.3, -0.25) is 4.79 Å². The maximum atomic E-state index is 12.0. The van der Waals surface area contributed by atoms with Gasteiger partial charge in [0.25, 0.3) is 0 Å². The van der Waals surface area contributed by atoms with Crippen LogP contribution >= 0.6 is 15.9 Å². The molecule has 4 heteroatoms. The van der Waals surface area contributed by atoms with Crippen LogP contribution in [-0.2, 0) is 4.79 Å². The Bertz CT molecular complexity index is 652. The average molecular weight is 343 g/mol. The molecule has 0 aromatic heterocycles. The lowest BCUT2D eigenvalue weighted by Crippen LogP contribution is -2.20. The van der Waals surface area contributed by atoms with E-state index in [-0.39, 0.29) is 11.8 Å². The molecular weight excluding hydrogens is 328 g/mol. The zero-order valence-electron chi connectivity index (χ0n) is 11.4. The van der Waals surface area contributed by atoms with Gasteiger partial charge in [0.1, 0.15) is 0 Å². The summed E-state index contributed by atoms with van der Waals surface area (Å²) in [5.74, 6) is 0.390. The van der Waals surface area contributed by atoms with Crippen molar-refractivity contribution in [3.05, 3.63) is 70.2 Å². The Morgan fingerprint density at radius 3 is 2.57 bits per heavy atom. The molecule has 2 atom stereocenters. The molecule has 1 amide bonds. The van der Waals surface area contributed by atoms with Gasteiger partial charge in [-0.05, 0) is 35.6 Å². The molecule has 0 aliphatic heterocycles. The molecule has 3 nitrogen and oxygen atoms in total. The predicted octanol–water partition coefficient (Wildman–Crippen LogP) is 3.70. The molecule has 2 aromatic carbocycles. The summed E-state index contributed by atoms with van der Waals surface area (Å²) in [6.45, 7) is 0. The number of nitrogens with zero attached hydrogens (tertiary/aromatic N) is 1. The number of carbonyl (C=O) groups is 1. The molecule has 1 N–H and O–H groups in total. The molecule has 0 radical (unpaired) electrons. The quantitative estimate of drug-likeness (QED) is 0.667. The van der Waals surface area contributed by atoms with E-state index >= 15 is 0 Å². The molecule has 0 saturated heterocycles. The first-order valence-corrected chi connectivity index (χ1v) is 7.67. The van der Waals surface area contributed by atoms with E-state index < -0.39 is 0 Å². The maximum Gasteiger partial charge on any atom is 0.243 e. The minimum atomic E-state index is -0.00258. The molecule has 1 aliphatic carbocycles. The van der Waals surface area contributed by atoms with Crippen LogP contribution in [0.2, 0.25) is 0 Å². The first kappa shape index (κ1) is 14.0. The topological polar surface area (TPSA) is 41.5 Å². The van der Waals surface area contributed by atoms with Crippen LogP contribution < -0.4 is 5.43 Å². The molecule has 0 bridgehead atoms. The molecule has 3 rings (SSSR count). The number of amides is 1. The average Bonchev–Trinajstić information content (AvgIpc) is 3.31. The summed E-state index contributed by atoms with van der Waals surface area (Å²) in [7, 11) is 0. The van der Waals surface area contributed by atoms with Crippen molar-refractivity contribution < 1.29 is 4.79 Å². The summed E-state index contributed by atoms with van der Waals surface area (Å²) >= 11 is 3.38. The van der Waals surface area contributed by atoms with Gasteiger partial charge in [0.15, 0.2) is 0 Å². The number of hydrogen-bond donors (Lipinski definition) is 1. The number of rotatable bonds is 4. The highest BCUT2D eigenvalue weighted by Crippen LogP contribution is 2.47. The van der Waals surface area contributed by atoms with Gasteiger partial charge in [-0.2, -0.15) is 5.10 Å². The summed E-state index contributed by atoms with van der Waals surface area (Å²) in [6, 6.07) is 17.9. The third kappa shape index (κ3) is 3.58. The Labute approximate surface area is 132 Å². The van der Waals surface area contributed by atoms with Crippen LogP contribution in [0.4, 0.5) is 0 Å². The van der Waals surface area contributed by atoms with Gasteiger partial charge in [-0.15, -0.1) is 0 Å². The minimum absolute atomic E-state index is 0.00258. The Balaban J connectivity index is 1.53. The molecule has 1 fully saturated rings. The van der Waals surface area contributed by atoms with Crippen LogP contribution in [0.3, 0.4) is 0 Å². The number of hydrazone groups is 1. The van der Waals surface area contributed by atoms with Gasteiger partial charge >= 0.3 is 0 Å². The molecular formula is C17H15BrN2O. The maximum absolute atomic E-state index is 12.0. The lowest BCUT2D eigenvalue weighted by molar-refractivity contribution is -0.122. The van der Waals surface area contributed by atoms with E-state index in [2.05, 4.69) is 38.6 Å². The number of halogens is 1. The second kappa shape index (κ2) is 6.22. The second-order valence-corrected chi connectivity index (χ2v) is 6.06. The summed E-state index contributed by atoms with van der Waals surface area (Å²) in [5, 5.41) is 4.02. The third-order valence-electron chi connectivity index (χ3n) is 3.61. The minimum Gasteiger partial charge on any atom is -0.273 e. The van der Waals surface area contributed by atoms with Gasteiger partial charge in [0, 0.05) is 10.4 Å². The van der Waals surface area contributed by atoms with Crippen molar-refractivity contribution in [2.75, 3.05) is 0 Å². The first-order chi connectivity index (χ1) is 10.2. The third-order valence-corrected chi connectivity index (χ3v) is 4.14. The van der Waals surface area contributed by atoms with Crippen molar-refractivity contribution in [1.82, 2.24) is 5.43 Å². The molecule has 1 saturated carbocycles. The van der Waals surface area contributed by atoms with Crippen molar-refractivity contribution in [2.24, 2.45) is 11.0 Å². The lowest BCUT2D eigenvalue weighted by atomic mass is 10.1. The Kier molecular flexibility index (Phi) is 4.15. The fourth-order valence-electron chi connectivity index (χ4n) is 2.36. The Morgan fingerprint density at radius 1 is 1.14 bits per heavy atom. The number of nitrogens with one attached hydrogen (secondary N) is 1. The fourth-order valence-corrected chi connectivity index (χ4v) is 2.62. The molecule has 0 spiro atoms. The zero-order chi connectivity index (χ0) is 14.7. The van der Waals surface area contributed by atoms with Crippen molar-refractivity contribution >= 4 is 28.1 Å². The van der Waals surface area contributed by atoms with E-state index in [1.165, 1.54) is 5.56 Å². The highest BCUT2D eigenvalue weighted by Gasteiger charge is 2.43. The van der Waals surface area contributed by atoms with Crippen LogP contribution in [0.5, 0.6) is 0 Å². The normalized spacial score (nSPS) is 20.4. The van der Waals surface area contributed by atoms with E-state index in [1.807, 2.05) is 42.5 Å². The fraction of sp³-hybridized carbons (Fsp3) is 0.176. The SMILES string of the molecule is O=C(N/N=C\c1ccc(Br)cc1)[C@H]1C[C@H]1c1ccccc1. The van der Waals surface area contributed by atoms with E-state index in [9.17, 15) is 4.79 Å². The van der Waals surface area contributed by atoms with E-state index in [0.29, 0.717) is 5.92 Å². The summed E-state index contributed by atoms with van der Waals surface area (Å²) in [6.07, 6.45) is 2.56. The molecule has 2 aromatic rings. The molecule has 0 heterocycles. The highest BCUT2D eigenvalue weighted by atomic mass is 79.9. The summed E-state index contributed by atoms with van der Waals surface area (Å²) in [4.78, 5) is 12.0. The Hall–Kier alpha value is -1.94. The number of carbonyl (C=O) groups excluding carboxylic acids is 1. The lowest BCUT2D eigenvalue weighted by Gasteiger charge is -2.00. The van der Waals surface area contributed by atoms with Crippen LogP contribution in [0.15, 0.2) is 64.2 Å². The molecule has 0 unspecified atom stereocenters. The van der Waals surface area contributed by atoms with Crippen LogP contribution in [0, 0.1) is 5.92 Å². The van der Waals surface area contributed by atoms with E-state index in [4.69, 9.17) is 0 Å². The number of benzene rings is 2. The van der Waals surface area contributed by atoms with Crippen molar-refractivity contribution in [3.63, 3.8) is 0 Å². The zero-order valence-corrected chi connectivity index (χ0v) is 13.0. The predicted molar refractivity (Wildman–Crippen MR) is 87.2 cm³/mol. The molecule has 21 heavy (non-hydrogen) atoms. The summed E-state index contributed by atoms with van der Waals surface area (Å²) in [5.41, 5.74) is 4.81. The molecule has 106 valence electrons. The van der Waals surface area contributed by atoms with Gasteiger partial charge < -0.3 is 0 Å². The van der Waals surface area contributed by atoms with Gasteiger partial charge in [-0.25, -0.2) is 5.43 Å². The first-order valence-electron chi connectivity index (χ1n) is 6.87. The van der Waals surface area contributed by atoms with Crippen LogP contribution in [-0.4, -0.2) is 12.1 Å². The van der Waals surface area contributed by atoms with Crippen molar-refractivity contribution in [3.8, 4) is 0 Å². The van der Waals surface area contributed by atoms with Crippen LogP contribution in [0.25, 0.3) is 0 Å². The van der Waals surface area contributed by atoms with Gasteiger partial charge in [-0.1, -0.05) is 58.4 Å². The van der Waals surface area contributed by atoms with E-state index in [1.54, 1.807) is 6.21 Å².